The highest BCUT2D eigenvalue weighted by atomic mass is 35.5. The van der Waals surface area contributed by atoms with E-state index in [1.807, 2.05) is 37.3 Å². The van der Waals surface area contributed by atoms with Crippen molar-refractivity contribution in [1.29, 1.82) is 0 Å². The number of thiophene rings is 1. The zero-order chi connectivity index (χ0) is 17.3. The van der Waals surface area contributed by atoms with Crippen LogP contribution >= 0.6 is 22.9 Å². The second kappa shape index (κ2) is 7.03. The minimum atomic E-state index is -2.63. The summed E-state index contributed by atoms with van der Waals surface area (Å²) in [5.74, 6) is -0.397. The number of carbonyl (C=O) groups is 1. The molecule has 2 heterocycles. The van der Waals surface area contributed by atoms with Crippen LogP contribution in [-0.2, 0) is 11.3 Å². The maximum Gasteiger partial charge on any atom is 0.257 e. The third-order valence-electron chi connectivity index (χ3n) is 4.18. The molecular formula is C18H16ClF2NOS. The Labute approximate surface area is 148 Å². The molecule has 24 heavy (non-hydrogen) atoms. The van der Waals surface area contributed by atoms with E-state index < -0.39 is 12.3 Å². The standard InChI is InChI=1S/C18H16ClF2NOS/c1-11-4-2-3-5-12(11)14-9-22(18(23)7-6-17(20)21)10-15-13(14)8-16(19)24-15/h2-8,14,17H,9-10H2,1H3/b7-6+/t14-/m1/s1. The second-order valence-corrected chi connectivity index (χ2v) is 7.52. The highest BCUT2D eigenvalue weighted by molar-refractivity contribution is 7.16. The Bertz CT molecular complexity index is 787. The van der Waals surface area contributed by atoms with Crippen molar-refractivity contribution in [3.8, 4) is 0 Å². The van der Waals surface area contributed by atoms with Crippen LogP contribution in [0, 0.1) is 6.92 Å². The summed E-state index contributed by atoms with van der Waals surface area (Å²) in [5, 5.41) is 0. The normalized spacial score (nSPS) is 17.5. The Hall–Kier alpha value is -1.72. The lowest BCUT2D eigenvalue weighted by atomic mass is 9.86. The molecule has 0 unspecified atom stereocenters. The number of carbonyl (C=O) groups excluding carboxylic acids is 1. The SMILES string of the molecule is Cc1ccccc1[C@H]1CN(C(=O)/C=C/C(F)F)Cc2sc(Cl)cc21. The van der Waals surface area contributed by atoms with Gasteiger partial charge in [0.25, 0.3) is 6.43 Å². The first-order valence-electron chi connectivity index (χ1n) is 7.54. The van der Waals surface area contributed by atoms with E-state index in [-0.39, 0.29) is 5.92 Å². The number of nitrogens with zero attached hydrogens (tertiary/aromatic N) is 1. The highest BCUT2D eigenvalue weighted by Crippen LogP contribution is 2.40. The molecule has 126 valence electrons. The van der Waals surface area contributed by atoms with Crippen LogP contribution in [0.3, 0.4) is 0 Å². The summed E-state index contributed by atoms with van der Waals surface area (Å²) in [6, 6.07) is 9.96. The van der Waals surface area contributed by atoms with Crippen LogP contribution < -0.4 is 0 Å². The van der Waals surface area contributed by atoms with E-state index >= 15 is 0 Å². The minimum Gasteiger partial charge on any atom is -0.333 e. The molecule has 1 atom stereocenters. The monoisotopic (exact) mass is 367 g/mol. The summed E-state index contributed by atoms with van der Waals surface area (Å²) in [5.41, 5.74) is 3.39. The molecule has 0 saturated carbocycles. The van der Waals surface area contributed by atoms with E-state index in [0.717, 1.165) is 27.6 Å². The number of alkyl halides is 2. The van der Waals surface area contributed by atoms with Crippen LogP contribution in [0.5, 0.6) is 0 Å². The molecule has 1 aromatic carbocycles. The largest absolute Gasteiger partial charge is 0.333 e. The van der Waals surface area contributed by atoms with Crippen LogP contribution in [0.15, 0.2) is 42.5 Å². The van der Waals surface area contributed by atoms with Crippen molar-refractivity contribution in [2.45, 2.75) is 25.8 Å². The van der Waals surface area contributed by atoms with Gasteiger partial charge in [-0.2, -0.15) is 0 Å². The smallest absolute Gasteiger partial charge is 0.257 e. The number of halogens is 3. The van der Waals surface area contributed by atoms with Gasteiger partial charge in [-0.15, -0.1) is 11.3 Å². The summed E-state index contributed by atoms with van der Waals surface area (Å²) < 4.78 is 25.3. The molecule has 0 bridgehead atoms. The molecule has 0 fully saturated rings. The van der Waals surface area contributed by atoms with E-state index in [2.05, 4.69) is 0 Å². The van der Waals surface area contributed by atoms with Gasteiger partial charge >= 0.3 is 0 Å². The van der Waals surface area contributed by atoms with Gasteiger partial charge in [0.1, 0.15) is 0 Å². The Kier molecular flexibility index (Phi) is 5.01. The Morgan fingerprint density at radius 3 is 2.83 bits per heavy atom. The third-order valence-corrected chi connectivity index (χ3v) is 5.45. The number of hydrogen-bond donors (Lipinski definition) is 0. The van der Waals surface area contributed by atoms with Crippen molar-refractivity contribution < 1.29 is 13.6 Å². The van der Waals surface area contributed by atoms with Crippen molar-refractivity contribution in [3.05, 3.63) is 68.4 Å². The van der Waals surface area contributed by atoms with Crippen molar-refractivity contribution in [3.63, 3.8) is 0 Å². The zero-order valence-corrected chi connectivity index (χ0v) is 14.6. The number of allylic oxidation sites excluding steroid dienone is 1. The first-order valence-corrected chi connectivity index (χ1v) is 8.74. The molecule has 1 aliphatic heterocycles. The van der Waals surface area contributed by atoms with Crippen LogP contribution in [0.2, 0.25) is 4.34 Å². The van der Waals surface area contributed by atoms with Crippen LogP contribution in [0.25, 0.3) is 0 Å². The number of fused-ring (bicyclic) bond motifs is 1. The summed E-state index contributed by atoms with van der Waals surface area (Å²) >= 11 is 7.61. The number of benzene rings is 1. The fourth-order valence-electron chi connectivity index (χ4n) is 3.06. The molecule has 1 aromatic heterocycles. The molecule has 2 aromatic rings. The molecule has 0 saturated heterocycles. The Morgan fingerprint density at radius 2 is 2.12 bits per heavy atom. The van der Waals surface area contributed by atoms with Crippen LogP contribution in [0.4, 0.5) is 8.78 Å². The van der Waals surface area contributed by atoms with Gasteiger partial charge in [0.15, 0.2) is 0 Å². The maximum absolute atomic E-state index is 12.3. The molecule has 6 heteroatoms. The van der Waals surface area contributed by atoms with E-state index in [4.69, 9.17) is 11.6 Å². The van der Waals surface area contributed by atoms with Gasteiger partial charge in [-0.1, -0.05) is 35.9 Å². The number of rotatable bonds is 3. The lowest BCUT2D eigenvalue weighted by Crippen LogP contribution is -2.37. The molecule has 1 aliphatic rings. The number of hydrogen-bond acceptors (Lipinski definition) is 2. The fraction of sp³-hybridized carbons (Fsp3) is 0.278. The average molecular weight is 368 g/mol. The average Bonchev–Trinajstić information content (AvgIpc) is 2.92. The number of amides is 1. The van der Waals surface area contributed by atoms with Gasteiger partial charge in [-0.3, -0.25) is 4.79 Å². The summed E-state index contributed by atoms with van der Waals surface area (Å²) in [6.07, 6.45) is -1.04. The van der Waals surface area contributed by atoms with Crippen LogP contribution in [-0.4, -0.2) is 23.8 Å². The maximum atomic E-state index is 12.3. The van der Waals surface area contributed by atoms with E-state index in [9.17, 15) is 13.6 Å². The van der Waals surface area contributed by atoms with E-state index in [0.29, 0.717) is 23.5 Å². The van der Waals surface area contributed by atoms with Crippen molar-refractivity contribution >= 4 is 28.8 Å². The van der Waals surface area contributed by atoms with Gasteiger partial charge in [0.05, 0.1) is 10.9 Å². The van der Waals surface area contributed by atoms with Gasteiger partial charge in [0, 0.05) is 23.4 Å². The predicted molar refractivity (Wildman–Crippen MR) is 92.9 cm³/mol. The molecule has 3 rings (SSSR count). The summed E-state index contributed by atoms with van der Waals surface area (Å²) in [6.45, 7) is 2.89. The van der Waals surface area contributed by atoms with E-state index in [1.54, 1.807) is 4.90 Å². The first-order chi connectivity index (χ1) is 11.5. The fourth-order valence-corrected chi connectivity index (χ4v) is 4.41. The molecule has 1 amide bonds. The third kappa shape index (κ3) is 3.52. The summed E-state index contributed by atoms with van der Waals surface area (Å²) in [7, 11) is 0. The van der Waals surface area contributed by atoms with Crippen molar-refractivity contribution in [1.82, 2.24) is 4.90 Å². The van der Waals surface area contributed by atoms with Gasteiger partial charge in [-0.25, -0.2) is 8.78 Å². The predicted octanol–water partition coefficient (Wildman–Crippen LogP) is 5.01. The molecule has 0 N–H and O–H groups in total. The van der Waals surface area contributed by atoms with E-state index in [1.165, 1.54) is 11.3 Å². The minimum absolute atomic E-state index is 0.00241. The van der Waals surface area contributed by atoms with Crippen molar-refractivity contribution in [2.24, 2.45) is 0 Å². The topological polar surface area (TPSA) is 20.3 Å². The Balaban J connectivity index is 1.96. The van der Waals surface area contributed by atoms with Gasteiger partial charge in [-0.05, 0) is 35.8 Å². The van der Waals surface area contributed by atoms with Gasteiger partial charge < -0.3 is 4.90 Å². The van der Waals surface area contributed by atoms with Crippen molar-refractivity contribution in [2.75, 3.05) is 6.54 Å². The summed E-state index contributed by atoms with van der Waals surface area (Å²) in [4.78, 5) is 14.9. The first kappa shape index (κ1) is 17.1. The molecule has 2 nitrogen and oxygen atoms in total. The van der Waals surface area contributed by atoms with Crippen LogP contribution in [0.1, 0.15) is 27.5 Å². The quantitative estimate of drug-likeness (QED) is 0.699. The van der Waals surface area contributed by atoms with Gasteiger partial charge in [0.2, 0.25) is 5.91 Å². The molecule has 0 aliphatic carbocycles. The molecule has 0 radical (unpaired) electrons. The highest BCUT2D eigenvalue weighted by Gasteiger charge is 2.31. The number of aryl methyl sites for hydroxylation is 1. The zero-order valence-electron chi connectivity index (χ0n) is 13.0. The lowest BCUT2D eigenvalue weighted by Gasteiger charge is -2.33. The Morgan fingerprint density at radius 1 is 1.38 bits per heavy atom. The molecular weight excluding hydrogens is 352 g/mol. The lowest BCUT2D eigenvalue weighted by molar-refractivity contribution is -0.127. The second-order valence-electron chi connectivity index (χ2n) is 5.75. The molecule has 0 spiro atoms.